The summed E-state index contributed by atoms with van der Waals surface area (Å²) in [7, 11) is 1.54. The van der Waals surface area contributed by atoms with Gasteiger partial charge < -0.3 is 19.9 Å². The number of hydrogen-bond acceptors (Lipinski definition) is 5. The fourth-order valence-electron chi connectivity index (χ4n) is 1.72. The fraction of sp³-hybridized carbons (Fsp3) is 0.417. The number of Topliss-reactive ketones (excluding diaryl/α,β-unsaturated/α-hetero) is 1. The summed E-state index contributed by atoms with van der Waals surface area (Å²) in [6.07, 6.45) is 0.281. The molecule has 0 saturated carbocycles. The Kier molecular flexibility index (Phi) is 3.49. The lowest BCUT2D eigenvalue weighted by atomic mass is 10.1. The van der Waals surface area contributed by atoms with Crippen LogP contribution in [0, 0.1) is 0 Å². The van der Waals surface area contributed by atoms with Crippen molar-refractivity contribution in [2.45, 2.75) is 6.42 Å². The summed E-state index contributed by atoms with van der Waals surface area (Å²) >= 11 is 0. The molecule has 0 fully saturated rings. The van der Waals surface area contributed by atoms with E-state index in [9.17, 15) is 4.79 Å². The molecular weight excluding hydrogens is 222 g/mol. The van der Waals surface area contributed by atoms with Crippen molar-refractivity contribution in [1.29, 1.82) is 0 Å². The van der Waals surface area contributed by atoms with E-state index in [2.05, 4.69) is 0 Å². The van der Waals surface area contributed by atoms with Gasteiger partial charge in [0.1, 0.15) is 19.0 Å². The minimum atomic E-state index is -0.0619. The van der Waals surface area contributed by atoms with Crippen LogP contribution in [0.25, 0.3) is 0 Å². The van der Waals surface area contributed by atoms with Crippen LogP contribution in [0.5, 0.6) is 17.2 Å². The van der Waals surface area contributed by atoms with Gasteiger partial charge in [0, 0.05) is 12.5 Å². The SMILES string of the molecule is COc1cc2c(c(C(=O)CCN)c1)OCCO2. The third-order valence-corrected chi connectivity index (χ3v) is 2.52. The predicted octanol–water partition coefficient (Wildman–Crippen LogP) is 0.998. The summed E-state index contributed by atoms with van der Waals surface area (Å²) in [5.41, 5.74) is 5.87. The van der Waals surface area contributed by atoms with Crippen molar-refractivity contribution in [2.24, 2.45) is 5.73 Å². The Morgan fingerprint density at radius 3 is 2.88 bits per heavy atom. The van der Waals surface area contributed by atoms with Crippen LogP contribution in [-0.4, -0.2) is 32.7 Å². The van der Waals surface area contributed by atoms with E-state index < -0.39 is 0 Å². The summed E-state index contributed by atoms with van der Waals surface area (Å²) in [4.78, 5) is 11.9. The predicted molar refractivity (Wildman–Crippen MR) is 62.0 cm³/mol. The zero-order valence-electron chi connectivity index (χ0n) is 9.69. The number of carbonyl (C=O) groups excluding carboxylic acids is 1. The molecule has 0 aromatic heterocycles. The second kappa shape index (κ2) is 5.05. The maximum atomic E-state index is 11.9. The highest BCUT2D eigenvalue weighted by molar-refractivity contribution is 6.00. The summed E-state index contributed by atoms with van der Waals surface area (Å²) < 4.78 is 16.1. The fourth-order valence-corrected chi connectivity index (χ4v) is 1.72. The number of rotatable bonds is 4. The molecule has 1 heterocycles. The number of nitrogens with two attached hydrogens (primary N) is 1. The first kappa shape index (κ1) is 11.7. The number of carbonyl (C=O) groups is 1. The molecule has 0 unspecified atom stereocenters. The van der Waals surface area contributed by atoms with Crippen LogP contribution in [-0.2, 0) is 0 Å². The van der Waals surface area contributed by atoms with Gasteiger partial charge in [-0.25, -0.2) is 0 Å². The third-order valence-electron chi connectivity index (χ3n) is 2.52. The van der Waals surface area contributed by atoms with Gasteiger partial charge in [0.2, 0.25) is 0 Å². The normalized spacial score (nSPS) is 13.3. The molecule has 0 atom stereocenters. The first-order valence-corrected chi connectivity index (χ1v) is 5.47. The van der Waals surface area contributed by atoms with Gasteiger partial charge in [-0.2, -0.15) is 0 Å². The molecule has 2 N–H and O–H groups in total. The summed E-state index contributed by atoms with van der Waals surface area (Å²) in [6.45, 7) is 1.23. The first-order valence-electron chi connectivity index (χ1n) is 5.47. The Morgan fingerprint density at radius 2 is 2.18 bits per heavy atom. The zero-order valence-corrected chi connectivity index (χ0v) is 9.69. The molecule has 0 spiro atoms. The van der Waals surface area contributed by atoms with E-state index in [-0.39, 0.29) is 12.2 Å². The van der Waals surface area contributed by atoms with Crippen LogP contribution in [0.2, 0.25) is 0 Å². The van der Waals surface area contributed by atoms with Gasteiger partial charge in [-0.05, 0) is 12.6 Å². The van der Waals surface area contributed by atoms with E-state index in [4.69, 9.17) is 19.9 Å². The van der Waals surface area contributed by atoms with Crippen molar-refractivity contribution < 1.29 is 19.0 Å². The first-order chi connectivity index (χ1) is 8.26. The molecule has 92 valence electrons. The molecule has 5 heteroatoms. The summed E-state index contributed by atoms with van der Waals surface area (Å²) in [6, 6.07) is 3.37. The lowest BCUT2D eigenvalue weighted by molar-refractivity contribution is 0.0973. The van der Waals surface area contributed by atoms with Crippen LogP contribution in [0.4, 0.5) is 0 Å². The topological polar surface area (TPSA) is 70.8 Å². The van der Waals surface area contributed by atoms with Crippen LogP contribution in [0.15, 0.2) is 12.1 Å². The Labute approximate surface area is 99.5 Å². The third kappa shape index (κ3) is 2.34. The van der Waals surface area contributed by atoms with Crippen LogP contribution in [0.3, 0.4) is 0 Å². The van der Waals surface area contributed by atoms with Crippen molar-refractivity contribution in [3.05, 3.63) is 17.7 Å². The Bertz CT molecular complexity index is 431. The largest absolute Gasteiger partial charge is 0.497 e. The smallest absolute Gasteiger partial charge is 0.172 e. The van der Waals surface area contributed by atoms with Crippen molar-refractivity contribution in [1.82, 2.24) is 0 Å². The summed E-state index contributed by atoms with van der Waals surface area (Å²) in [5.74, 6) is 1.56. The average molecular weight is 237 g/mol. The van der Waals surface area contributed by atoms with Gasteiger partial charge in [0.05, 0.1) is 12.7 Å². The van der Waals surface area contributed by atoms with Gasteiger partial charge in [-0.1, -0.05) is 0 Å². The van der Waals surface area contributed by atoms with Gasteiger partial charge in [-0.15, -0.1) is 0 Å². The van der Waals surface area contributed by atoms with Crippen LogP contribution >= 0.6 is 0 Å². The molecule has 1 aromatic rings. The Hall–Kier alpha value is -1.75. The lowest BCUT2D eigenvalue weighted by Crippen LogP contribution is -2.18. The molecule has 1 aliphatic rings. The molecule has 17 heavy (non-hydrogen) atoms. The minimum absolute atomic E-state index is 0.0619. The van der Waals surface area contributed by atoms with Gasteiger partial charge in [0.15, 0.2) is 17.3 Å². The van der Waals surface area contributed by atoms with Crippen LogP contribution in [0.1, 0.15) is 16.8 Å². The zero-order chi connectivity index (χ0) is 12.3. The molecule has 0 bridgehead atoms. The number of methoxy groups -OCH3 is 1. The van der Waals surface area contributed by atoms with E-state index in [0.717, 1.165) is 0 Å². The number of hydrogen-bond donors (Lipinski definition) is 1. The lowest BCUT2D eigenvalue weighted by Gasteiger charge is -2.21. The van der Waals surface area contributed by atoms with Gasteiger partial charge in [-0.3, -0.25) is 4.79 Å². The Morgan fingerprint density at radius 1 is 1.41 bits per heavy atom. The quantitative estimate of drug-likeness (QED) is 0.791. The molecule has 5 nitrogen and oxygen atoms in total. The van der Waals surface area contributed by atoms with E-state index in [0.29, 0.717) is 42.6 Å². The van der Waals surface area contributed by atoms with Crippen molar-refractivity contribution in [3.63, 3.8) is 0 Å². The average Bonchev–Trinajstić information content (AvgIpc) is 2.37. The van der Waals surface area contributed by atoms with Crippen molar-refractivity contribution >= 4 is 5.78 Å². The second-order valence-corrected chi connectivity index (χ2v) is 3.66. The number of fused-ring (bicyclic) bond motifs is 1. The van der Waals surface area contributed by atoms with Gasteiger partial charge in [0.25, 0.3) is 0 Å². The molecule has 1 aliphatic heterocycles. The molecule has 1 aromatic carbocycles. The maximum Gasteiger partial charge on any atom is 0.172 e. The maximum absolute atomic E-state index is 11.9. The van der Waals surface area contributed by atoms with Crippen molar-refractivity contribution in [3.8, 4) is 17.2 Å². The highest BCUT2D eigenvalue weighted by atomic mass is 16.6. The molecule has 0 radical (unpaired) electrons. The van der Waals surface area contributed by atoms with E-state index in [1.807, 2.05) is 0 Å². The van der Waals surface area contributed by atoms with E-state index in [1.165, 1.54) is 0 Å². The highest BCUT2D eigenvalue weighted by Gasteiger charge is 2.21. The monoisotopic (exact) mass is 237 g/mol. The van der Waals surface area contributed by atoms with Crippen LogP contribution < -0.4 is 19.9 Å². The molecule has 0 amide bonds. The minimum Gasteiger partial charge on any atom is -0.497 e. The Balaban J connectivity index is 2.44. The van der Waals surface area contributed by atoms with Crippen molar-refractivity contribution in [2.75, 3.05) is 26.9 Å². The second-order valence-electron chi connectivity index (χ2n) is 3.66. The molecular formula is C12H15NO4. The number of benzene rings is 1. The number of ketones is 1. The number of ether oxygens (including phenoxy) is 3. The highest BCUT2D eigenvalue weighted by Crippen LogP contribution is 2.38. The molecule has 0 aliphatic carbocycles. The molecule has 2 rings (SSSR count). The van der Waals surface area contributed by atoms with E-state index in [1.54, 1.807) is 19.2 Å². The summed E-state index contributed by atoms with van der Waals surface area (Å²) in [5, 5.41) is 0. The molecule has 0 saturated heterocycles. The van der Waals surface area contributed by atoms with Gasteiger partial charge >= 0.3 is 0 Å². The standard InChI is InChI=1S/C12H15NO4/c1-15-8-6-9(10(14)2-3-13)12-11(7-8)16-4-5-17-12/h6-7H,2-5,13H2,1H3. The van der Waals surface area contributed by atoms with E-state index >= 15 is 0 Å².